The number of aliphatic hydroxyl groups is 1. The summed E-state index contributed by atoms with van der Waals surface area (Å²) in [5, 5.41) is 28.4. The average Bonchev–Trinajstić information content (AvgIpc) is 2.60. The minimum atomic E-state index is -1.21. The highest BCUT2D eigenvalue weighted by Crippen LogP contribution is 2.37. The average molecular weight is 393 g/mol. The molecule has 3 rings (SSSR count). The minimum absolute atomic E-state index is 0.121. The zero-order chi connectivity index (χ0) is 20.4. The van der Waals surface area contributed by atoms with Gasteiger partial charge in [-0.05, 0) is 30.8 Å². The smallest absolute Gasteiger partial charge is 0.522 e. The Morgan fingerprint density at radius 2 is 2.07 bits per heavy atom. The monoisotopic (exact) mass is 393 g/mol. The molecular formula is C17H24BN3O7. The van der Waals surface area contributed by atoms with Crippen molar-refractivity contribution in [2.24, 2.45) is 11.5 Å². The maximum Gasteiger partial charge on any atom is 0.522 e. The number of hydrogen-bond acceptors (Lipinski definition) is 8. The summed E-state index contributed by atoms with van der Waals surface area (Å²) in [6, 6.07) is 2.64. The number of benzene rings is 1. The third-order valence-electron chi connectivity index (χ3n) is 4.95. The predicted octanol–water partition coefficient (Wildman–Crippen LogP) is -1.23. The van der Waals surface area contributed by atoms with Crippen LogP contribution in [-0.4, -0.2) is 70.6 Å². The zero-order valence-electron chi connectivity index (χ0n) is 15.3. The number of carbonyl (C=O) groups is 2. The van der Waals surface area contributed by atoms with Gasteiger partial charge >= 0.3 is 13.1 Å². The third-order valence-corrected chi connectivity index (χ3v) is 4.95. The Kier molecular flexibility index (Phi) is 6.09. The first kappa shape index (κ1) is 20.4. The van der Waals surface area contributed by atoms with E-state index in [1.807, 2.05) is 0 Å². The molecule has 7 N–H and O–H groups in total. The number of amides is 1. The molecule has 1 amide bonds. The molecule has 2 heterocycles. The summed E-state index contributed by atoms with van der Waals surface area (Å²) < 4.78 is 11.1. The minimum Gasteiger partial charge on any atom is -0.535 e. The van der Waals surface area contributed by atoms with Crippen molar-refractivity contribution in [3.8, 4) is 11.5 Å². The molecule has 2 atom stereocenters. The van der Waals surface area contributed by atoms with Crippen LogP contribution < -0.4 is 20.9 Å². The summed E-state index contributed by atoms with van der Waals surface area (Å²) in [7, 11) is -1.05. The Balaban J connectivity index is 1.59. The highest BCUT2D eigenvalue weighted by atomic mass is 16.5. The standard InChI is InChI=1S/C17H24BN3O7/c19-11(16(20)23)2-4-13(22)21-7-10(8-21)27-12-3-1-9-5-6-18(26)28-15(9)14(12)17(24)25/h1,3,10-11,16,23,26H,2,4-8,19-20H2,(H,24,25)/t11-,16?/m0/s1. The maximum atomic E-state index is 12.1. The van der Waals surface area contributed by atoms with E-state index in [4.69, 9.17) is 26.0 Å². The number of likely N-dealkylation sites (tertiary alicyclic amines) is 1. The molecule has 1 aromatic rings. The molecule has 28 heavy (non-hydrogen) atoms. The third kappa shape index (κ3) is 4.38. The quantitative estimate of drug-likeness (QED) is 0.281. The predicted molar refractivity (Wildman–Crippen MR) is 98.9 cm³/mol. The lowest BCUT2D eigenvalue weighted by Crippen LogP contribution is -2.56. The SMILES string of the molecule is NC(O)[C@@H](N)CCC(=O)N1CC(Oc2ccc3c(c2C(=O)O)OB(O)CC3)C1. The van der Waals surface area contributed by atoms with Crippen LogP contribution in [0.3, 0.4) is 0 Å². The lowest BCUT2D eigenvalue weighted by atomic mass is 9.78. The molecule has 0 aliphatic carbocycles. The van der Waals surface area contributed by atoms with Crippen molar-refractivity contribution in [3.05, 3.63) is 23.3 Å². The van der Waals surface area contributed by atoms with Crippen LogP contribution in [0.25, 0.3) is 0 Å². The van der Waals surface area contributed by atoms with Crippen LogP contribution in [0.2, 0.25) is 6.32 Å². The molecule has 1 fully saturated rings. The first-order chi connectivity index (χ1) is 13.3. The summed E-state index contributed by atoms with van der Waals surface area (Å²) in [6.45, 7) is 0.637. The fourth-order valence-corrected chi connectivity index (χ4v) is 3.23. The number of hydrogen-bond donors (Lipinski definition) is 5. The second kappa shape index (κ2) is 8.35. The Bertz CT molecular complexity index is 755. The van der Waals surface area contributed by atoms with Crippen molar-refractivity contribution in [1.82, 2.24) is 4.90 Å². The van der Waals surface area contributed by atoms with Crippen molar-refractivity contribution >= 4 is 19.0 Å². The van der Waals surface area contributed by atoms with E-state index < -0.39 is 25.4 Å². The van der Waals surface area contributed by atoms with E-state index in [1.54, 1.807) is 17.0 Å². The van der Waals surface area contributed by atoms with E-state index in [2.05, 4.69) is 0 Å². The van der Waals surface area contributed by atoms with Crippen LogP contribution in [0, 0.1) is 0 Å². The molecule has 152 valence electrons. The van der Waals surface area contributed by atoms with Gasteiger partial charge < -0.3 is 41.0 Å². The van der Waals surface area contributed by atoms with Crippen LogP contribution in [0.4, 0.5) is 0 Å². The van der Waals surface area contributed by atoms with E-state index in [1.165, 1.54) is 0 Å². The second-order valence-corrected chi connectivity index (χ2v) is 7.07. The molecule has 0 aromatic heterocycles. The van der Waals surface area contributed by atoms with Gasteiger partial charge in [0.15, 0.2) is 0 Å². The number of carboxylic acids is 1. The fourth-order valence-electron chi connectivity index (χ4n) is 3.23. The molecule has 2 aliphatic heterocycles. The number of aromatic carboxylic acids is 1. The Morgan fingerprint density at radius 1 is 1.36 bits per heavy atom. The summed E-state index contributed by atoms with van der Waals surface area (Å²) in [6.07, 6.45) is -0.166. The number of rotatable bonds is 7. The first-order valence-corrected chi connectivity index (χ1v) is 9.13. The van der Waals surface area contributed by atoms with Gasteiger partial charge in [0.1, 0.15) is 29.4 Å². The molecule has 11 heteroatoms. The number of nitrogens with zero attached hydrogens (tertiary/aromatic N) is 1. The maximum absolute atomic E-state index is 12.1. The van der Waals surface area contributed by atoms with Crippen LogP contribution in [0.5, 0.6) is 11.5 Å². The molecular weight excluding hydrogens is 369 g/mol. The van der Waals surface area contributed by atoms with Gasteiger partial charge in [0.25, 0.3) is 0 Å². The lowest BCUT2D eigenvalue weighted by molar-refractivity contribution is -0.140. The Morgan fingerprint density at radius 3 is 2.71 bits per heavy atom. The normalized spacial score (nSPS) is 18.6. The van der Waals surface area contributed by atoms with Gasteiger partial charge in [0, 0.05) is 12.5 Å². The van der Waals surface area contributed by atoms with Crippen LogP contribution in [-0.2, 0) is 11.2 Å². The molecule has 0 saturated carbocycles. The van der Waals surface area contributed by atoms with Crippen LogP contribution in [0.15, 0.2) is 12.1 Å². The van der Waals surface area contributed by atoms with Crippen molar-refractivity contribution in [1.29, 1.82) is 0 Å². The van der Waals surface area contributed by atoms with Crippen LogP contribution in [0.1, 0.15) is 28.8 Å². The number of carbonyl (C=O) groups excluding carboxylic acids is 1. The van der Waals surface area contributed by atoms with E-state index in [0.717, 1.165) is 0 Å². The number of carboxylic acid groups (broad SMARTS) is 1. The van der Waals surface area contributed by atoms with Crippen molar-refractivity contribution < 1.29 is 34.2 Å². The molecule has 1 saturated heterocycles. The number of fused-ring (bicyclic) bond motifs is 1. The van der Waals surface area contributed by atoms with Crippen molar-refractivity contribution in [2.75, 3.05) is 13.1 Å². The molecule has 10 nitrogen and oxygen atoms in total. The van der Waals surface area contributed by atoms with Gasteiger partial charge in [-0.3, -0.25) is 4.79 Å². The number of nitrogens with two attached hydrogens (primary N) is 2. The summed E-state index contributed by atoms with van der Waals surface area (Å²) in [5.41, 5.74) is 11.5. The van der Waals surface area contributed by atoms with Gasteiger partial charge in [-0.1, -0.05) is 6.07 Å². The highest BCUT2D eigenvalue weighted by Gasteiger charge is 2.35. The van der Waals surface area contributed by atoms with Gasteiger partial charge in [-0.25, -0.2) is 4.79 Å². The van der Waals surface area contributed by atoms with E-state index in [-0.39, 0.29) is 41.9 Å². The highest BCUT2D eigenvalue weighted by molar-refractivity contribution is 6.44. The Hall–Kier alpha value is -2.34. The molecule has 2 aliphatic rings. The second-order valence-electron chi connectivity index (χ2n) is 7.07. The summed E-state index contributed by atoms with van der Waals surface area (Å²) in [5.74, 6) is -1.06. The van der Waals surface area contributed by atoms with E-state index in [0.29, 0.717) is 31.4 Å². The molecule has 0 bridgehead atoms. The number of aliphatic hydroxyl groups excluding tert-OH is 1. The molecule has 0 spiro atoms. The number of ether oxygens (including phenoxy) is 1. The van der Waals surface area contributed by atoms with Gasteiger partial charge in [0.05, 0.1) is 13.1 Å². The zero-order valence-corrected chi connectivity index (χ0v) is 15.3. The number of aryl methyl sites for hydroxylation is 1. The van der Waals surface area contributed by atoms with Gasteiger partial charge in [0.2, 0.25) is 5.91 Å². The van der Waals surface area contributed by atoms with Crippen LogP contribution >= 0.6 is 0 Å². The van der Waals surface area contributed by atoms with Crippen molar-refractivity contribution in [2.45, 2.75) is 44.0 Å². The fraction of sp³-hybridized carbons (Fsp3) is 0.529. The van der Waals surface area contributed by atoms with Crippen molar-refractivity contribution in [3.63, 3.8) is 0 Å². The molecule has 0 radical (unpaired) electrons. The largest absolute Gasteiger partial charge is 0.535 e. The molecule has 1 aromatic carbocycles. The summed E-state index contributed by atoms with van der Waals surface area (Å²) in [4.78, 5) is 25.4. The molecule has 1 unspecified atom stereocenters. The van der Waals surface area contributed by atoms with E-state index in [9.17, 15) is 19.7 Å². The van der Waals surface area contributed by atoms with Gasteiger partial charge in [-0.2, -0.15) is 0 Å². The lowest BCUT2D eigenvalue weighted by Gasteiger charge is -2.39. The topological polar surface area (TPSA) is 169 Å². The summed E-state index contributed by atoms with van der Waals surface area (Å²) >= 11 is 0. The Labute approximate surface area is 162 Å². The van der Waals surface area contributed by atoms with E-state index >= 15 is 0 Å². The van der Waals surface area contributed by atoms with Gasteiger partial charge in [-0.15, -0.1) is 0 Å². The first-order valence-electron chi connectivity index (χ1n) is 9.13.